The van der Waals surface area contributed by atoms with Crippen LogP contribution in [0.3, 0.4) is 0 Å². The van der Waals surface area contributed by atoms with Gasteiger partial charge in [0.1, 0.15) is 5.76 Å². The van der Waals surface area contributed by atoms with Crippen molar-refractivity contribution in [3.63, 3.8) is 0 Å². The largest absolute Gasteiger partial charge is 0.360 e. The lowest BCUT2D eigenvalue weighted by Gasteiger charge is -2.27. The Labute approximate surface area is 131 Å². The highest BCUT2D eigenvalue weighted by atomic mass is 16.5. The highest BCUT2D eigenvalue weighted by molar-refractivity contribution is 5.91. The molecule has 1 aromatic heterocycles. The maximum Gasteiger partial charge on any atom is 0.228 e. The van der Waals surface area contributed by atoms with Crippen LogP contribution in [0.4, 0.5) is 5.82 Å². The first-order valence-electron chi connectivity index (χ1n) is 8.04. The van der Waals surface area contributed by atoms with Crippen LogP contribution in [-0.4, -0.2) is 23.0 Å². The summed E-state index contributed by atoms with van der Waals surface area (Å²) in [6.07, 6.45) is 3.93. The van der Waals surface area contributed by atoms with Gasteiger partial charge in [-0.1, -0.05) is 12.1 Å². The van der Waals surface area contributed by atoms with E-state index in [1.165, 1.54) is 0 Å². The van der Waals surface area contributed by atoms with E-state index in [4.69, 9.17) is 4.52 Å². The van der Waals surface area contributed by atoms with Crippen molar-refractivity contribution < 1.29 is 14.1 Å². The van der Waals surface area contributed by atoms with Gasteiger partial charge in [-0.2, -0.15) is 0 Å². The predicted octanol–water partition coefficient (Wildman–Crippen LogP) is 2.64. The maximum atomic E-state index is 12.2. The van der Waals surface area contributed by atoms with Crippen molar-refractivity contribution in [3.05, 3.63) is 11.8 Å². The molecule has 0 radical (unpaired) electrons. The normalized spacial score (nSPS) is 22.9. The minimum absolute atomic E-state index is 0.0333. The second kappa shape index (κ2) is 7.42. The van der Waals surface area contributed by atoms with Crippen LogP contribution in [-0.2, 0) is 9.59 Å². The van der Waals surface area contributed by atoms with E-state index in [1.54, 1.807) is 13.0 Å². The van der Waals surface area contributed by atoms with Crippen LogP contribution in [0.15, 0.2) is 10.6 Å². The van der Waals surface area contributed by atoms with Gasteiger partial charge in [-0.3, -0.25) is 9.59 Å². The number of anilines is 1. The molecule has 2 amide bonds. The molecule has 6 heteroatoms. The molecule has 1 aliphatic rings. The highest BCUT2D eigenvalue weighted by Gasteiger charge is 2.30. The molecule has 2 rings (SSSR count). The van der Waals surface area contributed by atoms with E-state index in [1.807, 2.05) is 6.92 Å². The molecule has 6 nitrogen and oxygen atoms in total. The number of nitrogens with zero attached hydrogens (tertiary/aromatic N) is 1. The molecule has 0 spiro atoms. The van der Waals surface area contributed by atoms with Gasteiger partial charge in [0.25, 0.3) is 0 Å². The van der Waals surface area contributed by atoms with E-state index >= 15 is 0 Å². The third-order valence-electron chi connectivity index (χ3n) is 4.35. The first-order chi connectivity index (χ1) is 10.5. The molecule has 122 valence electrons. The van der Waals surface area contributed by atoms with Crippen LogP contribution in [0.5, 0.6) is 0 Å². The van der Waals surface area contributed by atoms with Gasteiger partial charge in [-0.25, -0.2) is 0 Å². The number of carbonyl (C=O) groups is 2. The van der Waals surface area contributed by atoms with E-state index in [-0.39, 0.29) is 29.7 Å². The molecular weight excluding hydrogens is 282 g/mol. The Balaban J connectivity index is 1.79. The van der Waals surface area contributed by atoms with Gasteiger partial charge < -0.3 is 15.2 Å². The summed E-state index contributed by atoms with van der Waals surface area (Å²) in [6, 6.07) is 1.91. The van der Waals surface area contributed by atoms with Crippen molar-refractivity contribution in [2.24, 2.45) is 11.8 Å². The number of aryl methyl sites for hydroxylation is 1. The Morgan fingerprint density at radius 3 is 2.36 bits per heavy atom. The number of amides is 2. The Morgan fingerprint density at radius 2 is 1.86 bits per heavy atom. The molecule has 0 aliphatic heterocycles. The minimum Gasteiger partial charge on any atom is -0.360 e. The molecule has 1 heterocycles. The van der Waals surface area contributed by atoms with E-state index in [9.17, 15) is 9.59 Å². The molecule has 1 atom stereocenters. The number of aromatic nitrogens is 1. The fourth-order valence-corrected chi connectivity index (χ4v) is 2.73. The highest BCUT2D eigenvalue weighted by Crippen LogP contribution is 2.30. The van der Waals surface area contributed by atoms with Gasteiger partial charge in [0.05, 0.1) is 0 Å². The van der Waals surface area contributed by atoms with Crippen molar-refractivity contribution >= 4 is 17.6 Å². The molecule has 1 unspecified atom stereocenters. The summed E-state index contributed by atoms with van der Waals surface area (Å²) in [5, 5.41) is 9.56. The van der Waals surface area contributed by atoms with Gasteiger partial charge in [-0.15, -0.1) is 0 Å². The minimum atomic E-state index is -0.0512. The maximum absolute atomic E-state index is 12.2. The fourth-order valence-electron chi connectivity index (χ4n) is 2.73. The van der Waals surface area contributed by atoms with Crippen LogP contribution < -0.4 is 10.6 Å². The molecule has 1 fully saturated rings. The third kappa shape index (κ3) is 4.32. The summed E-state index contributed by atoms with van der Waals surface area (Å²) >= 11 is 0. The average molecular weight is 307 g/mol. The van der Waals surface area contributed by atoms with Crippen LogP contribution in [0.1, 0.15) is 51.7 Å². The van der Waals surface area contributed by atoms with Crippen LogP contribution in [0, 0.1) is 18.8 Å². The SMILES string of the molecule is CCC(C)NC(=O)C1CCC(C(=O)Nc2cc(C)on2)CC1. The number of carbonyl (C=O) groups excluding carboxylic acids is 2. The fraction of sp³-hybridized carbons (Fsp3) is 0.688. The Bertz CT molecular complexity index is 518. The Kier molecular flexibility index (Phi) is 5.57. The third-order valence-corrected chi connectivity index (χ3v) is 4.35. The molecule has 2 N–H and O–H groups in total. The van der Waals surface area contributed by atoms with Gasteiger partial charge in [0.15, 0.2) is 5.82 Å². The van der Waals surface area contributed by atoms with Gasteiger partial charge >= 0.3 is 0 Å². The van der Waals surface area contributed by atoms with Crippen molar-refractivity contribution in [2.45, 2.75) is 58.9 Å². The number of nitrogens with one attached hydrogen (secondary N) is 2. The lowest BCUT2D eigenvalue weighted by atomic mass is 9.81. The van der Waals surface area contributed by atoms with Gasteiger partial charge in [-0.05, 0) is 46.0 Å². The van der Waals surface area contributed by atoms with Crippen molar-refractivity contribution in [3.8, 4) is 0 Å². The second-order valence-electron chi connectivity index (χ2n) is 6.18. The standard InChI is InChI=1S/C16H25N3O3/c1-4-10(2)17-15(20)12-5-7-13(8-6-12)16(21)18-14-9-11(3)22-19-14/h9-10,12-13H,4-8H2,1-3H3,(H,17,20)(H,18,19,21). The zero-order valence-corrected chi connectivity index (χ0v) is 13.5. The van der Waals surface area contributed by atoms with Crippen molar-refractivity contribution in [2.75, 3.05) is 5.32 Å². The van der Waals surface area contributed by atoms with Gasteiger partial charge in [0.2, 0.25) is 11.8 Å². The van der Waals surface area contributed by atoms with Crippen LogP contribution in [0.25, 0.3) is 0 Å². The number of hydrogen-bond acceptors (Lipinski definition) is 4. The molecule has 0 bridgehead atoms. The summed E-state index contributed by atoms with van der Waals surface area (Å²) in [5.41, 5.74) is 0. The summed E-state index contributed by atoms with van der Waals surface area (Å²) in [6.45, 7) is 5.85. The molecule has 0 aromatic carbocycles. The van der Waals surface area contributed by atoms with Crippen LogP contribution in [0.2, 0.25) is 0 Å². The number of rotatable bonds is 5. The topological polar surface area (TPSA) is 84.2 Å². The Hall–Kier alpha value is -1.85. The first kappa shape index (κ1) is 16.5. The molecule has 0 saturated heterocycles. The molecule has 1 aromatic rings. The second-order valence-corrected chi connectivity index (χ2v) is 6.18. The van der Waals surface area contributed by atoms with Gasteiger partial charge in [0, 0.05) is 23.9 Å². The predicted molar refractivity (Wildman–Crippen MR) is 83.2 cm³/mol. The van der Waals surface area contributed by atoms with E-state index in [0.29, 0.717) is 11.6 Å². The summed E-state index contributed by atoms with van der Waals surface area (Å²) in [7, 11) is 0. The van der Waals surface area contributed by atoms with Crippen molar-refractivity contribution in [1.29, 1.82) is 0 Å². The van der Waals surface area contributed by atoms with E-state index in [2.05, 4.69) is 22.7 Å². The zero-order chi connectivity index (χ0) is 16.1. The molecule has 1 saturated carbocycles. The average Bonchev–Trinajstić information content (AvgIpc) is 2.92. The smallest absolute Gasteiger partial charge is 0.228 e. The van der Waals surface area contributed by atoms with Crippen molar-refractivity contribution in [1.82, 2.24) is 10.5 Å². The monoisotopic (exact) mass is 307 g/mol. The molecule has 22 heavy (non-hydrogen) atoms. The van der Waals surface area contributed by atoms with E-state index < -0.39 is 0 Å². The number of hydrogen-bond donors (Lipinski definition) is 2. The van der Waals surface area contributed by atoms with E-state index in [0.717, 1.165) is 32.1 Å². The summed E-state index contributed by atoms with van der Waals surface area (Å²) < 4.78 is 4.93. The van der Waals surface area contributed by atoms with Crippen LogP contribution >= 0.6 is 0 Å². The molecular formula is C16H25N3O3. The molecule has 1 aliphatic carbocycles. The summed E-state index contributed by atoms with van der Waals surface area (Å²) in [5.74, 6) is 1.20. The lowest BCUT2D eigenvalue weighted by molar-refractivity contribution is -0.129. The quantitative estimate of drug-likeness (QED) is 0.876. The summed E-state index contributed by atoms with van der Waals surface area (Å²) in [4.78, 5) is 24.3. The first-order valence-corrected chi connectivity index (χ1v) is 8.04. The zero-order valence-electron chi connectivity index (χ0n) is 13.5. The lowest BCUT2D eigenvalue weighted by Crippen LogP contribution is -2.39. The Morgan fingerprint density at radius 1 is 1.27 bits per heavy atom.